The minimum atomic E-state index is -2.09. The highest BCUT2D eigenvalue weighted by molar-refractivity contribution is 5.80. The predicted octanol–water partition coefficient (Wildman–Crippen LogP) is -2.17. The summed E-state index contributed by atoms with van der Waals surface area (Å²) in [4.78, 5) is 55.3. The minimum Gasteiger partial charge on any atom is -0.455 e. The molecule has 10 heteroatoms. The Balaban J connectivity index is 5.65. The van der Waals surface area contributed by atoms with E-state index < -0.39 is 48.2 Å². The fraction of sp³-hybridized carbons (Fsp3) is 0.583. The summed E-state index contributed by atoms with van der Waals surface area (Å²) in [5.41, 5.74) is 4.91. The lowest BCUT2D eigenvalue weighted by molar-refractivity contribution is -0.192. The van der Waals surface area contributed by atoms with Crippen LogP contribution in [0.3, 0.4) is 0 Å². The van der Waals surface area contributed by atoms with E-state index in [0.29, 0.717) is 0 Å². The van der Waals surface area contributed by atoms with Crippen LogP contribution in [0.1, 0.15) is 20.8 Å². The topological polar surface area (TPSA) is 159 Å². The maximum absolute atomic E-state index is 11.1. The Bertz CT molecular complexity index is 462. The summed E-state index contributed by atoms with van der Waals surface area (Å²) >= 11 is 0. The summed E-state index contributed by atoms with van der Waals surface area (Å²) in [7, 11) is 0. The van der Waals surface area contributed by atoms with Crippen LogP contribution in [0, 0.1) is 0 Å². The van der Waals surface area contributed by atoms with Crippen LogP contribution in [-0.2, 0) is 38.2 Å². The zero-order chi connectivity index (χ0) is 17.4. The van der Waals surface area contributed by atoms with Crippen molar-refractivity contribution in [3.8, 4) is 0 Å². The molecule has 0 aliphatic rings. The zero-order valence-corrected chi connectivity index (χ0v) is 12.2. The summed E-state index contributed by atoms with van der Waals surface area (Å²) in [6, 6.07) is 0. The van der Waals surface area contributed by atoms with Crippen LogP contribution in [-0.4, -0.2) is 59.6 Å². The van der Waals surface area contributed by atoms with Crippen molar-refractivity contribution in [3.63, 3.8) is 0 Å². The normalized spacial score (nSPS) is 15.6. The SMILES string of the molecule is CC(=O)O[C@@H]([C@H](OC(C)=O)[C@@H](C=O)OC(C)=O)[C@H](O)C(N)=O. The number of ether oxygens (including phenoxy) is 3. The number of hydrogen-bond acceptors (Lipinski definition) is 9. The van der Waals surface area contributed by atoms with Crippen LogP contribution < -0.4 is 5.73 Å². The summed E-state index contributed by atoms with van der Waals surface area (Å²) in [5.74, 6) is -4.08. The van der Waals surface area contributed by atoms with Gasteiger partial charge in [-0.25, -0.2) is 0 Å². The van der Waals surface area contributed by atoms with Crippen molar-refractivity contribution in [1.82, 2.24) is 0 Å². The first kappa shape index (κ1) is 19.5. The van der Waals surface area contributed by atoms with E-state index in [0.717, 1.165) is 20.8 Å². The van der Waals surface area contributed by atoms with Crippen LogP contribution >= 0.6 is 0 Å². The molecule has 0 saturated carbocycles. The average Bonchev–Trinajstić information content (AvgIpc) is 2.38. The number of aliphatic hydroxyl groups is 1. The molecular formula is C12H17NO9. The second-order valence-corrected chi connectivity index (χ2v) is 4.21. The molecule has 0 aliphatic carbocycles. The van der Waals surface area contributed by atoms with Crippen molar-refractivity contribution in [3.05, 3.63) is 0 Å². The Hall–Kier alpha value is -2.49. The van der Waals surface area contributed by atoms with Crippen molar-refractivity contribution in [1.29, 1.82) is 0 Å². The second kappa shape index (κ2) is 8.72. The molecule has 4 atom stereocenters. The summed E-state index contributed by atoms with van der Waals surface area (Å²) < 4.78 is 14.0. The molecule has 3 N–H and O–H groups in total. The van der Waals surface area contributed by atoms with Gasteiger partial charge in [0.25, 0.3) is 0 Å². The molecule has 0 rings (SSSR count). The van der Waals surface area contributed by atoms with Gasteiger partial charge in [-0.3, -0.25) is 24.0 Å². The third-order valence-corrected chi connectivity index (χ3v) is 2.29. The van der Waals surface area contributed by atoms with Crippen LogP contribution in [0.15, 0.2) is 0 Å². The van der Waals surface area contributed by atoms with Gasteiger partial charge in [0.2, 0.25) is 5.91 Å². The highest BCUT2D eigenvalue weighted by Crippen LogP contribution is 2.16. The Morgan fingerprint density at radius 1 is 0.909 bits per heavy atom. The molecular weight excluding hydrogens is 302 g/mol. The summed E-state index contributed by atoms with van der Waals surface area (Å²) in [6.45, 7) is 2.89. The van der Waals surface area contributed by atoms with Crippen LogP contribution in [0.2, 0.25) is 0 Å². The fourth-order valence-corrected chi connectivity index (χ4v) is 1.54. The molecule has 0 unspecified atom stereocenters. The van der Waals surface area contributed by atoms with Gasteiger partial charge < -0.3 is 25.1 Å². The van der Waals surface area contributed by atoms with E-state index in [1.54, 1.807) is 0 Å². The van der Waals surface area contributed by atoms with Crippen molar-refractivity contribution < 1.29 is 43.3 Å². The fourth-order valence-electron chi connectivity index (χ4n) is 1.54. The van der Waals surface area contributed by atoms with Crippen LogP contribution in [0.4, 0.5) is 0 Å². The van der Waals surface area contributed by atoms with Crippen LogP contribution in [0.5, 0.6) is 0 Å². The van der Waals surface area contributed by atoms with E-state index in [1.807, 2.05) is 0 Å². The predicted molar refractivity (Wildman–Crippen MR) is 67.9 cm³/mol. The average molecular weight is 319 g/mol. The molecule has 0 heterocycles. The van der Waals surface area contributed by atoms with Gasteiger partial charge >= 0.3 is 17.9 Å². The van der Waals surface area contributed by atoms with Crippen molar-refractivity contribution >= 4 is 30.1 Å². The lowest BCUT2D eigenvalue weighted by atomic mass is 10.0. The molecule has 1 amide bonds. The Kier molecular flexibility index (Phi) is 7.73. The van der Waals surface area contributed by atoms with Gasteiger partial charge in [-0.15, -0.1) is 0 Å². The number of aldehydes is 1. The van der Waals surface area contributed by atoms with E-state index in [1.165, 1.54) is 0 Å². The van der Waals surface area contributed by atoms with E-state index in [9.17, 15) is 29.1 Å². The van der Waals surface area contributed by atoms with E-state index in [-0.39, 0.29) is 6.29 Å². The molecule has 22 heavy (non-hydrogen) atoms. The van der Waals surface area contributed by atoms with Gasteiger partial charge in [-0.2, -0.15) is 0 Å². The van der Waals surface area contributed by atoms with Gasteiger partial charge in [0.1, 0.15) is 0 Å². The highest BCUT2D eigenvalue weighted by atomic mass is 16.6. The standard InChI is InChI=1S/C12H17NO9/c1-5(15)20-8(4-14)10(21-6(2)16)11(22-7(3)17)9(18)12(13)19/h4,8-11,18H,1-3H3,(H2,13,19)/t8-,9+,10-,11-/m1/s1. The number of nitrogens with two attached hydrogens (primary N) is 1. The quantitative estimate of drug-likeness (QED) is 0.288. The molecule has 0 aromatic carbocycles. The van der Waals surface area contributed by atoms with Crippen molar-refractivity contribution in [2.45, 2.75) is 45.2 Å². The smallest absolute Gasteiger partial charge is 0.303 e. The first-order valence-corrected chi connectivity index (χ1v) is 6.04. The van der Waals surface area contributed by atoms with Gasteiger partial charge in [0.05, 0.1) is 0 Å². The van der Waals surface area contributed by atoms with Gasteiger partial charge in [-0.1, -0.05) is 0 Å². The third-order valence-electron chi connectivity index (χ3n) is 2.29. The number of amides is 1. The van der Waals surface area contributed by atoms with E-state index in [4.69, 9.17) is 10.5 Å². The van der Waals surface area contributed by atoms with Gasteiger partial charge in [-0.05, 0) is 0 Å². The molecule has 0 radical (unpaired) electrons. The molecule has 124 valence electrons. The van der Waals surface area contributed by atoms with Gasteiger partial charge in [0.15, 0.2) is 30.7 Å². The second-order valence-electron chi connectivity index (χ2n) is 4.21. The van der Waals surface area contributed by atoms with Crippen LogP contribution in [0.25, 0.3) is 0 Å². The number of rotatable bonds is 8. The Labute approximate surface area is 125 Å². The summed E-state index contributed by atoms with van der Waals surface area (Å²) in [5, 5.41) is 9.70. The molecule has 0 spiro atoms. The van der Waals surface area contributed by atoms with E-state index in [2.05, 4.69) is 9.47 Å². The van der Waals surface area contributed by atoms with E-state index >= 15 is 0 Å². The first-order valence-electron chi connectivity index (χ1n) is 6.04. The number of carbonyl (C=O) groups is 5. The Morgan fingerprint density at radius 3 is 1.64 bits per heavy atom. The van der Waals surface area contributed by atoms with Gasteiger partial charge in [0, 0.05) is 20.8 Å². The number of primary amides is 1. The summed E-state index contributed by atoms with van der Waals surface area (Å²) in [6.07, 6.45) is -7.27. The monoisotopic (exact) mass is 319 g/mol. The largest absolute Gasteiger partial charge is 0.455 e. The lowest BCUT2D eigenvalue weighted by Gasteiger charge is -2.31. The molecule has 0 aliphatic heterocycles. The first-order chi connectivity index (χ1) is 10.1. The molecule has 0 aromatic rings. The highest BCUT2D eigenvalue weighted by Gasteiger charge is 2.43. The molecule has 0 bridgehead atoms. The number of esters is 3. The maximum Gasteiger partial charge on any atom is 0.303 e. The molecule has 0 fully saturated rings. The molecule has 0 aromatic heterocycles. The zero-order valence-electron chi connectivity index (χ0n) is 12.2. The molecule has 0 saturated heterocycles. The Morgan fingerprint density at radius 2 is 1.32 bits per heavy atom. The maximum atomic E-state index is 11.1. The lowest BCUT2D eigenvalue weighted by Crippen LogP contribution is -2.54. The molecule has 10 nitrogen and oxygen atoms in total. The number of hydrogen-bond donors (Lipinski definition) is 2. The minimum absolute atomic E-state index is 0.0964. The van der Waals surface area contributed by atoms with Crippen molar-refractivity contribution in [2.24, 2.45) is 5.73 Å². The van der Waals surface area contributed by atoms with Crippen molar-refractivity contribution in [2.75, 3.05) is 0 Å². The number of aliphatic hydroxyl groups excluding tert-OH is 1. The third kappa shape index (κ3) is 6.31. The number of carbonyl (C=O) groups excluding carboxylic acids is 5.